The highest BCUT2D eigenvalue weighted by molar-refractivity contribution is 9.10. The van der Waals surface area contributed by atoms with Gasteiger partial charge in [0.15, 0.2) is 0 Å². The number of hydrogen-bond donors (Lipinski definition) is 1. The lowest BCUT2D eigenvalue weighted by molar-refractivity contribution is 0.621. The number of thiophene rings is 1. The molecule has 0 radical (unpaired) electrons. The van der Waals surface area contributed by atoms with Crippen molar-refractivity contribution in [1.29, 1.82) is 0 Å². The Bertz CT molecular complexity index is 528. The molecule has 5 heteroatoms. The summed E-state index contributed by atoms with van der Waals surface area (Å²) in [5.74, 6) is 1.07. The molecule has 0 spiro atoms. The first-order valence-corrected chi connectivity index (χ1v) is 9.41. The van der Waals surface area contributed by atoms with E-state index < -0.39 is 0 Å². The number of hydrogen-bond acceptors (Lipinski definition) is 3. The maximum atomic E-state index is 3.60. The Kier molecular flexibility index (Phi) is 6.42. The van der Waals surface area contributed by atoms with Gasteiger partial charge in [0.05, 0.1) is 0 Å². The van der Waals surface area contributed by atoms with Gasteiger partial charge in [-0.15, -0.1) is 23.1 Å². The fourth-order valence-electron chi connectivity index (χ4n) is 1.69. The number of rotatable bonds is 6. The van der Waals surface area contributed by atoms with Gasteiger partial charge in [0.2, 0.25) is 0 Å². The summed E-state index contributed by atoms with van der Waals surface area (Å²) in [4.78, 5) is 2.72. The molecule has 1 aromatic carbocycles. The first kappa shape index (κ1) is 15.6. The van der Waals surface area contributed by atoms with Gasteiger partial charge in [-0.2, -0.15) is 0 Å². The van der Waals surface area contributed by atoms with Crippen LogP contribution in [0.3, 0.4) is 0 Å². The molecule has 0 saturated carbocycles. The number of thioether (sulfide) groups is 1. The predicted octanol–water partition coefficient (Wildman–Crippen LogP) is 5.20. The summed E-state index contributed by atoms with van der Waals surface area (Å²) in [5.41, 5.74) is 0. The molecular weight excluding hydrogens is 406 g/mol. The molecule has 1 N–H and O–H groups in total. The van der Waals surface area contributed by atoms with Crippen LogP contribution in [0, 0.1) is 0 Å². The van der Waals surface area contributed by atoms with Gasteiger partial charge < -0.3 is 5.32 Å². The third kappa shape index (κ3) is 4.90. The highest BCUT2D eigenvalue weighted by Gasteiger charge is 2.11. The van der Waals surface area contributed by atoms with Crippen molar-refractivity contribution in [2.75, 3.05) is 12.8 Å². The fourth-order valence-corrected chi connectivity index (χ4v) is 4.90. The van der Waals surface area contributed by atoms with Gasteiger partial charge in [-0.25, -0.2) is 0 Å². The quantitative estimate of drug-likeness (QED) is 0.644. The Labute approximate surface area is 139 Å². The Balaban J connectivity index is 1.91. The van der Waals surface area contributed by atoms with Crippen LogP contribution in [0.4, 0.5) is 0 Å². The summed E-state index contributed by atoms with van der Waals surface area (Å²) < 4.78 is 2.37. The van der Waals surface area contributed by atoms with E-state index in [1.807, 2.05) is 30.1 Å². The Morgan fingerprint density at radius 1 is 1.32 bits per heavy atom. The number of likely N-dealkylation sites (N-methyl/N-ethyl adjacent to an activating group) is 1. The zero-order chi connectivity index (χ0) is 13.7. The van der Waals surface area contributed by atoms with E-state index in [0.717, 1.165) is 16.6 Å². The maximum Gasteiger partial charge on any atom is 0.0314 e. The smallest absolute Gasteiger partial charge is 0.0314 e. The van der Waals surface area contributed by atoms with E-state index >= 15 is 0 Å². The zero-order valence-electron chi connectivity index (χ0n) is 10.5. The van der Waals surface area contributed by atoms with Crippen LogP contribution in [-0.2, 0) is 6.42 Å². The largest absolute Gasteiger partial charge is 0.316 e. The second kappa shape index (κ2) is 7.84. The Hall–Kier alpha value is 0.190. The van der Waals surface area contributed by atoms with Crippen LogP contribution in [-0.4, -0.2) is 18.8 Å². The van der Waals surface area contributed by atoms with Gasteiger partial charge in [-0.05, 0) is 59.0 Å². The van der Waals surface area contributed by atoms with Crippen molar-refractivity contribution >= 4 is 55.0 Å². The molecule has 0 saturated heterocycles. The summed E-state index contributed by atoms with van der Waals surface area (Å²) >= 11 is 10.8. The van der Waals surface area contributed by atoms with Crippen molar-refractivity contribution in [3.05, 3.63) is 49.5 Å². The lowest BCUT2D eigenvalue weighted by Crippen LogP contribution is -2.29. The summed E-state index contributed by atoms with van der Waals surface area (Å²) in [6.45, 7) is 0. The molecule has 19 heavy (non-hydrogen) atoms. The van der Waals surface area contributed by atoms with Crippen LogP contribution >= 0.6 is 55.0 Å². The molecule has 0 aliphatic carbocycles. The average molecular weight is 421 g/mol. The van der Waals surface area contributed by atoms with E-state index in [9.17, 15) is 0 Å². The van der Waals surface area contributed by atoms with E-state index in [1.54, 1.807) is 0 Å². The molecule has 0 aliphatic rings. The van der Waals surface area contributed by atoms with E-state index in [0.29, 0.717) is 6.04 Å². The maximum absolute atomic E-state index is 3.60. The minimum absolute atomic E-state index is 0.485. The first-order valence-electron chi connectivity index (χ1n) is 5.96. The number of benzene rings is 1. The second-order valence-corrected chi connectivity index (χ2v) is 8.01. The lowest BCUT2D eigenvalue weighted by Gasteiger charge is -2.15. The van der Waals surface area contributed by atoms with Crippen molar-refractivity contribution in [2.24, 2.45) is 0 Å². The summed E-state index contributed by atoms with van der Waals surface area (Å²) in [7, 11) is 2.04. The van der Waals surface area contributed by atoms with Crippen molar-refractivity contribution in [1.82, 2.24) is 5.32 Å². The van der Waals surface area contributed by atoms with Gasteiger partial charge in [0.1, 0.15) is 0 Å². The summed E-state index contributed by atoms with van der Waals surface area (Å²) in [6, 6.07) is 11.1. The van der Waals surface area contributed by atoms with Crippen molar-refractivity contribution in [3.63, 3.8) is 0 Å². The normalized spacial score (nSPS) is 12.6. The second-order valence-electron chi connectivity index (χ2n) is 4.15. The van der Waals surface area contributed by atoms with Crippen LogP contribution in [0.1, 0.15) is 4.88 Å². The average Bonchev–Trinajstić information content (AvgIpc) is 2.80. The standard InChI is InChI=1S/C14H15Br2NS2/c1-17-11(8-14-13(16)5-6-18-14)9-19-12-4-2-3-10(15)7-12/h2-7,11,17H,8-9H2,1H3. The van der Waals surface area contributed by atoms with Gasteiger partial charge in [-0.1, -0.05) is 22.0 Å². The summed E-state index contributed by atoms with van der Waals surface area (Å²) in [6.07, 6.45) is 1.07. The highest BCUT2D eigenvalue weighted by atomic mass is 79.9. The van der Waals surface area contributed by atoms with Crippen molar-refractivity contribution in [3.8, 4) is 0 Å². The highest BCUT2D eigenvalue weighted by Crippen LogP contribution is 2.27. The van der Waals surface area contributed by atoms with Crippen LogP contribution in [0.2, 0.25) is 0 Å². The Morgan fingerprint density at radius 3 is 2.79 bits per heavy atom. The molecule has 2 aromatic rings. The predicted molar refractivity (Wildman–Crippen MR) is 93.4 cm³/mol. The van der Waals surface area contributed by atoms with Crippen LogP contribution in [0.15, 0.2) is 49.6 Å². The van der Waals surface area contributed by atoms with E-state index in [2.05, 4.69) is 72.9 Å². The Morgan fingerprint density at radius 2 is 2.16 bits per heavy atom. The van der Waals surface area contributed by atoms with Gasteiger partial charge in [-0.3, -0.25) is 0 Å². The molecular formula is C14H15Br2NS2. The van der Waals surface area contributed by atoms with Gasteiger partial charge in [0, 0.05) is 30.5 Å². The molecule has 1 unspecified atom stereocenters. The molecule has 1 nitrogen and oxygen atoms in total. The minimum Gasteiger partial charge on any atom is -0.316 e. The molecule has 0 amide bonds. The topological polar surface area (TPSA) is 12.0 Å². The molecule has 0 aliphatic heterocycles. The van der Waals surface area contributed by atoms with Crippen LogP contribution in [0.25, 0.3) is 0 Å². The van der Waals surface area contributed by atoms with Gasteiger partial charge in [0.25, 0.3) is 0 Å². The van der Waals surface area contributed by atoms with E-state index in [-0.39, 0.29) is 0 Å². The molecule has 0 fully saturated rings. The first-order chi connectivity index (χ1) is 9.19. The lowest BCUT2D eigenvalue weighted by atomic mass is 10.2. The van der Waals surface area contributed by atoms with Crippen molar-refractivity contribution < 1.29 is 0 Å². The molecule has 1 aromatic heterocycles. The van der Waals surface area contributed by atoms with Crippen LogP contribution in [0.5, 0.6) is 0 Å². The van der Waals surface area contributed by atoms with Gasteiger partial charge >= 0.3 is 0 Å². The SMILES string of the molecule is CNC(CSc1cccc(Br)c1)Cc1sccc1Br. The molecule has 1 atom stereocenters. The number of halogens is 2. The van der Waals surface area contributed by atoms with Crippen LogP contribution < -0.4 is 5.32 Å². The summed E-state index contributed by atoms with van der Waals surface area (Å²) in [5, 5.41) is 5.54. The monoisotopic (exact) mass is 419 g/mol. The number of nitrogens with one attached hydrogen (secondary N) is 1. The fraction of sp³-hybridized carbons (Fsp3) is 0.286. The molecule has 0 bridgehead atoms. The minimum atomic E-state index is 0.485. The molecule has 102 valence electrons. The van der Waals surface area contributed by atoms with Crippen molar-refractivity contribution in [2.45, 2.75) is 17.4 Å². The zero-order valence-corrected chi connectivity index (χ0v) is 15.3. The third-order valence-corrected chi connectivity index (χ3v) is 6.38. The van der Waals surface area contributed by atoms with E-state index in [1.165, 1.54) is 14.2 Å². The third-order valence-electron chi connectivity index (χ3n) is 2.78. The molecule has 1 heterocycles. The van der Waals surface area contributed by atoms with E-state index in [4.69, 9.17) is 0 Å². The molecule has 2 rings (SSSR count).